The smallest absolute Gasteiger partial charge is 0.0575 e. The fraction of sp³-hybridized carbons (Fsp3) is 0.538. The van der Waals surface area contributed by atoms with Crippen LogP contribution in [0.25, 0.3) is 0 Å². The molecule has 0 bridgehead atoms. The molecule has 0 unspecified atom stereocenters. The van der Waals surface area contributed by atoms with Crippen LogP contribution in [0.2, 0.25) is 5.02 Å². The maximum Gasteiger partial charge on any atom is 0.0575 e. The van der Waals surface area contributed by atoms with E-state index in [1.54, 1.807) is 6.07 Å². The van der Waals surface area contributed by atoms with Crippen LogP contribution >= 0.6 is 11.6 Å². The summed E-state index contributed by atoms with van der Waals surface area (Å²) in [5.74, 6) is 0.633. The van der Waals surface area contributed by atoms with E-state index in [1.807, 2.05) is 12.1 Å². The number of benzene rings is 1. The average Bonchev–Trinajstić information content (AvgIpc) is 2.30. The van der Waals surface area contributed by atoms with Gasteiger partial charge in [-0.1, -0.05) is 11.6 Å². The van der Waals surface area contributed by atoms with Crippen molar-refractivity contribution in [2.24, 2.45) is 5.92 Å². The van der Waals surface area contributed by atoms with Crippen LogP contribution in [0.5, 0.6) is 0 Å². The largest absolute Gasteiger partial charge is 0.397 e. The molecule has 0 heterocycles. The summed E-state index contributed by atoms with van der Waals surface area (Å²) < 4.78 is 0. The van der Waals surface area contributed by atoms with Gasteiger partial charge in [0.15, 0.2) is 0 Å². The zero-order chi connectivity index (χ0) is 12.3. The van der Waals surface area contributed by atoms with Crippen LogP contribution in [-0.4, -0.2) is 17.8 Å². The van der Waals surface area contributed by atoms with Crippen molar-refractivity contribution < 1.29 is 5.11 Å². The molecular formula is C13H19ClN2O. The molecule has 17 heavy (non-hydrogen) atoms. The van der Waals surface area contributed by atoms with E-state index in [0.29, 0.717) is 16.6 Å². The van der Waals surface area contributed by atoms with Gasteiger partial charge in [0.1, 0.15) is 0 Å². The normalized spacial score (nSPS) is 24.6. The molecule has 1 fully saturated rings. The van der Waals surface area contributed by atoms with Gasteiger partial charge >= 0.3 is 0 Å². The second-order valence-corrected chi connectivity index (χ2v) is 5.22. The Labute approximate surface area is 107 Å². The van der Waals surface area contributed by atoms with Gasteiger partial charge < -0.3 is 16.2 Å². The van der Waals surface area contributed by atoms with Crippen LogP contribution in [0.4, 0.5) is 11.4 Å². The predicted molar refractivity (Wildman–Crippen MR) is 72.3 cm³/mol. The molecular weight excluding hydrogens is 236 g/mol. The summed E-state index contributed by atoms with van der Waals surface area (Å²) in [4.78, 5) is 0. The molecule has 94 valence electrons. The van der Waals surface area contributed by atoms with Gasteiger partial charge in [-0.25, -0.2) is 0 Å². The van der Waals surface area contributed by atoms with Gasteiger partial charge in [0.2, 0.25) is 0 Å². The molecule has 0 atom stereocenters. The van der Waals surface area contributed by atoms with Crippen LogP contribution < -0.4 is 11.1 Å². The second-order valence-electron chi connectivity index (χ2n) is 4.79. The Kier molecular flexibility index (Phi) is 4.13. The summed E-state index contributed by atoms with van der Waals surface area (Å²) >= 11 is 5.85. The van der Waals surface area contributed by atoms with Gasteiger partial charge in [0.25, 0.3) is 0 Å². The summed E-state index contributed by atoms with van der Waals surface area (Å²) in [6.07, 6.45) is 3.92. The number of hydrogen-bond acceptors (Lipinski definition) is 3. The SMILES string of the molecule is Nc1cc(Cl)ccc1NCC1CCC(O)CC1. The minimum Gasteiger partial charge on any atom is -0.397 e. The molecule has 0 aliphatic heterocycles. The first kappa shape index (κ1) is 12.5. The highest BCUT2D eigenvalue weighted by molar-refractivity contribution is 6.31. The lowest BCUT2D eigenvalue weighted by Gasteiger charge is -2.26. The summed E-state index contributed by atoms with van der Waals surface area (Å²) in [5.41, 5.74) is 7.51. The molecule has 2 rings (SSSR count). The lowest BCUT2D eigenvalue weighted by molar-refractivity contribution is 0.111. The third-order valence-electron chi connectivity index (χ3n) is 3.41. The van der Waals surface area contributed by atoms with Gasteiger partial charge in [0.05, 0.1) is 17.5 Å². The summed E-state index contributed by atoms with van der Waals surface area (Å²) in [6, 6.07) is 5.51. The van der Waals surface area contributed by atoms with Crippen molar-refractivity contribution in [3.63, 3.8) is 0 Å². The van der Waals surface area contributed by atoms with Gasteiger partial charge in [-0.15, -0.1) is 0 Å². The second kappa shape index (κ2) is 5.61. The molecule has 0 amide bonds. The van der Waals surface area contributed by atoms with Crippen LogP contribution in [-0.2, 0) is 0 Å². The molecule has 0 saturated heterocycles. The van der Waals surface area contributed by atoms with Crippen molar-refractivity contribution in [3.8, 4) is 0 Å². The Balaban J connectivity index is 1.85. The number of rotatable bonds is 3. The van der Waals surface area contributed by atoms with Crippen molar-refractivity contribution in [2.75, 3.05) is 17.6 Å². The number of nitrogens with one attached hydrogen (secondary N) is 1. The topological polar surface area (TPSA) is 58.3 Å². The van der Waals surface area contributed by atoms with Crippen molar-refractivity contribution in [1.29, 1.82) is 0 Å². The molecule has 0 spiro atoms. The van der Waals surface area contributed by atoms with E-state index in [2.05, 4.69) is 5.32 Å². The number of nitrogen functional groups attached to an aromatic ring is 1. The number of aliphatic hydroxyl groups is 1. The molecule has 0 radical (unpaired) electrons. The zero-order valence-corrected chi connectivity index (χ0v) is 10.6. The van der Waals surface area contributed by atoms with Crippen molar-refractivity contribution >= 4 is 23.0 Å². The number of halogens is 1. The first-order valence-corrected chi connectivity index (χ1v) is 6.50. The Hall–Kier alpha value is -0.930. The molecule has 3 nitrogen and oxygen atoms in total. The molecule has 1 saturated carbocycles. The maximum atomic E-state index is 9.43. The van der Waals surface area contributed by atoms with Gasteiger partial charge in [-0.3, -0.25) is 0 Å². The Morgan fingerprint density at radius 3 is 2.65 bits per heavy atom. The molecule has 0 aromatic heterocycles. The fourth-order valence-electron chi connectivity index (χ4n) is 2.30. The first-order chi connectivity index (χ1) is 8.15. The number of anilines is 2. The van der Waals surface area contributed by atoms with Crippen LogP contribution in [0.15, 0.2) is 18.2 Å². The van der Waals surface area contributed by atoms with Crippen LogP contribution in [0.3, 0.4) is 0 Å². The summed E-state index contributed by atoms with van der Waals surface area (Å²) in [6.45, 7) is 0.915. The van der Waals surface area contributed by atoms with Gasteiger partial charge in [-0.05, 0) is 49.8 Å². The summed E-state index contributed by atoms with van der Waals surface area (Å²) in [5, 5.41) is 13.5. The molecule has 1 aromatic carbocycles. The third kappa shape index (κ3) is 3.51. The standard InChI is InChI=1S/C13H19ClN2O/c14-10-3-6-13(12(15)7-10)16-8-9-1-4-11(17)5-2-9/h3,6-7,9,11,16-17H,1-2,4-5,8,15H2. The van der Waals surface area contributed by atoms with E-state index in [1.165, 1.54) is 0 Å². The molecule has 1 aromatic rings. The zero-order valence-electron chi connectivity index (χ0n) is 9.82. The predicted octanol–water partition coefficient (Wildman–Crippen LogP) is 2.89. The van der Waals surface area contributed by atoms with Gasteiger partial charge in [0, 0.05) is 11.6 Å². The summed E-state index contributed by atoms with van der Waals surface area (Å²) in [7, 11) is 0. The molecule has 1 aliphatic rings. The Bertz CT molecular complexity index is 376. The van der Waals surface area contributed by atoms with E-state index in [-0.39, 0.29) is 6.10 Å². The molecule has 4 heteroatoms. The number of hydrogen-bond donors (Lipinski definition) is 3. The molecule has 1 aliphatic carbocycles. The lowest BCUT2D eigenvalue weighted by Crippen LogP contribution is -2.23. The van der Waals surface area contributed by atoms with Gasteiger partial charge in [-0.2, -0.15) is 0 Å². The minimum absolute atomic E-state index is 0.0909. The third-order valence-corrected chi connectivity index (χ3v) is 3.65. The first-order valence-electron chi connectivity index (χ1n) is 6.12. The number of nitrogens with two attached hydrogens (primary N) is 1. The fourth-order valence-corrected chi connectivity index (χ4v) is 2.48. The van der Waals surface area contributed by atoms with E-state index < -0.39 is 0 Å². The monoisotopic (exact) mass is 254 g/mol. The van der Waals surface area contributed by atoms with E-state index in [0.717, 1.165) is 37.9 Å². The number of aliphatic hydroxyl groups excluding tert-OH is 1. The van der Waals surface area contributed by atoms with E-state index in [9.17, 15) is 5.11 Å². The Morgan fingerprint density at radius 2 is 2.00 bits per heavy atom. The highest BCUT2D eigenvalue weighted by Gasteiger charge is 2.19. The average molecular weight is 255 g/mol. The highest BCUT2D eigenvalue weighted by Crippen LogP contribution is 2.27. The van der Waals surface area contributed by atoms with Crippen LogP contribution in [0, 0.1) is 5.92 Å². The minimum atomic E-state index is -0.0909. The maximum absolute atomic E-state index is 9.43. The van der Waals surface area contributed by atoms with Crippen molar-refractivity contribution in [1.82, 2.24) is 0 Å². The van der Waals surface area contributed by atoms with E-state index >= 15 is 0 Å². The van der Waals surface area contributed by atoms with E-state index in [4.69, 9.17) is 17.3 Å². The molecule has 4 N–H and O–H groups in total. The van der Waals surface area contributed by atoms with Crippen molar-refractivity contribution in [3.05, 3.63) is 23.2 Å². The quantitative estimate of drug-likeness (QED) is 0.727. The lowest BCUT2D eigenvalue weighted by atomic mass is 9.87. The van der Waals surface area contributed by atoms with Crippen molar-refractivity contribution in [2.45, 2.75) is 31.8 Å². The highest BCUT2D eigenvalue weighted by atomic mass is 35.5. The van der Waals surface area contributed by atoms with Crippen LogP contribution in [0.1, 0.15) is 25.7 Å². The Morgan fingerprint density at radius 1 is 1.29 bits per heavy atom.